The lowest BCUT2D eigenvalue weighted by Gasteiger charge is -1.97. The Labute approximate surface area is 96.5 Å². The van der Waals surface area contributed by atoms with E-state index in [9.17, 15) is 0 Å². The first kappa shape index (κ1) is 9.30. The van der Waals surface area contributed by atoms with Crippen LogP contribution in [0.15, 0.2) is 43.0 Å². The van der Waals surface area contributed by atoms with Crippen molar-refractivity contribution in [1.82, 2.24) is 19.6 Å². The predicted octanol–water partition coefficient (Wildman–Crippen LogP) is 2.44. The lowest BCUT2D eigenvalue weighted by molar-refractivity contribution is 0.944. The lowest BCUT2D eigenvalue weighted by atomic mass is 10.2. The second kappa shape index (κ2) is 3.57. The van der Waals surface area contributed by atoms with E-state index in [0.717, 1.165) is 16.9 Å². The van der Waals surface area contributed by atoms with Crippen LogP contribution in [0, 0.1) is 0 Å². The van der Waals surface area contributed by atoms with Crippen LogP contribution in [0.25, 0.3) is 16.9 Å². The molecular formula is C11H7ClN4. The summed E-state index contributed by atoms with van der Waals surface area (Å²) in [7, 11) is 0. The lowest BCUT2D eigenvalue weighted by Crippen LogP contribution is -1.86. The number of benzene rings is 1. The standard InChI is InChI=1S/C11H7ClN4/c12-9-4-2-1-3-8(9)10-6-16-7-14-13-5-11(16)15-10/h1-7H. The van der Waals surface area contributed by atoms with Gasteiger partial charge >= 0.3 is 0 Å². The topological polar surface area (TPSA) is 43.1 Å². The smallest absolute Gasteiger partial charge is 0.159 e. The highest BCUT2D eigenvalue weighted by Gasteiger charge is 2.07. The Morgan fingerprint density at radius 2 is 2.00 bits per heavy atom. The minimum atomic E-state index is 0.687. The SMILES string of the molecule is Clc1ccccc1-c1cn2cnncc2n1. The normalized spacial score (nSPS) is 10.8. The summed E-state index contributed by atoms with van der Waals surface area (Å²) < 4.78 is 1.81. The van der Waals surface area contributed by atoms with Gasteiger partial charge in [-0.3, -0.25) is 4.40 Å². The fourth-order valence-corrected chi connectivity index (χ4v) is 1.80. The van der Waals surface area contributed by atoms with Gasteiger partial charge in [0, 0.05) is 11.8 Å². The van der Waals surface area contributed by atoms with Crippen molar-refractivity contribution < 1.29 is 0 Å². The molecule has 0 aliphatic heterocycles. The molecule has 0 bridgehead atoms. The Balaban J connectivity index is 2.23. The van der Waals surface area contributed by atoms with Crippen LogP contribution in [0.1, 0.15) is 0 Å². The van der Waals surface area contributed by atoms with Crippen LogP contribution in [0.4, 0.5) is 0 Å². The summed E-state index contributed by atoms with van der Waals surface area (Å²) in [6.07, 6.45) is 5.11. The van der Waals surface area contributed by atoms with Gasteiger partial charge in [-0.1, -0.05) is 29.8 Å². The molecule has 5 heteroatoms. The Morgan fingerprint density at radius 1 is 1.12 bits per heavy atom. The molecule has 1 aromatic carbocycles. The fourth-order valence-electron chi connectivity index (χ4n) is 1.57. The van der Waals surface area contributed by atoms with Gasteiger partial charge < -0.3 is 0 Å². The Hall–Kier alpha value is -1.94. The molecule has 0 amide bonds. The number of aromatic nitrogens is 4. The van der Waals surface area contributed by atoms with E-state index in [1.165, 1.54) is 0 Å². The van der Waals surface area contributed by atoms with Crippen LogP contribution in [0.3, 0.4) is 0 Å². The first-order chi connectivity index (χ1) is 7.84. The van der Waals surface area contributed by atoms with E-state index in [0.29, 0.717) is 5.02 Å². The van der Waals surface area contributed by atoms with Crippen LogP contribution in [0.2, 0.25) is 5.02 Å². The molecule has 0 spiro atoms. The second-order valence-corrected chi connectivity index (χ2v) is 3.75. The van der Waals surface area contributed by atoms with Crippen molar-refractivity contribution in [3.05, 3.63) is 48.0 Å². The maximum atomic E-state index is 6.11. The van der Waals surface area contributed by atoms with Gasteiger partial charge in [0.25, 0.3) is 0 Å². The predicted molar refractivity (Wildman–Crippen MR) is 61.2 cm³/mol. The maximum Gasteiger partial charge on any atom is 0.159 e. The van der Waals surface area contributed by atoms with Gasteiger partial charge in [0.2, 0.25) is 0 Å². The molecule has 2 aromatic heterocycles. The van der Waals surface area contributed by atoms with Crippen molar-refractivity contribution >= 4 is 17.2 Å². The van der Waals surface area contributed by atoms with Gasteiger partial charge in [-0.2, -0.15) is 5.10 Å². The molecule has 0 saturated heterocycles. The minimum absolute atomic E-state index is 0.687. The number of rotatable bonds is 1. The second-order valence-electron chi connectivity index (χ2n) is 3.35. The Morgan fingerprint density at radius 3 is 2.81 bits per heavy atom. The monoisotopic (exact) mass is 230 g/mol. The highest BCUT2D eigenvalue weighted by atomic mass is 35.5. The molecule has 0 radical (unpaired) electrons. The van der Waals surface area contributed by atoms with Crippen LogP contribution in [-0.4, -0.2) is 19.6 Å². The molecule has 3 aromatic rings. The molecule has 4 nitrogen and oxygen atoms in total. The summed E-state index contributed by atoms with van der Waals surface area (Å²) in [6, 6.07) is 7.61. The Kier molecular flexibility index (Phi) is 2.08. The average Bonchev–Trinajstić information content (AvgIpc) is 2.73. The van der Waals surface area contributed by atoms with Crippen LogP contribution in [-0.2, 0) is 0 Å². The summed E-state index contributed by atoms with van der Waals surface area (Å²) in [5, 5.41) is 8.25. The van der Waals surface area contributed by atoms with E-state index in [1.807, 2.05) is 34.9 Å². The number of hydrogen-bond donors (Lipinski definition) is 0. The fraction of sp³-hybridized carbons (Fsp3) is 0. The summed E-state index contributed by atoms with van der Waals surface area (Å²) in [6.45, 7) is 0. The van der Waals surface area contributed by atoms with Gasteiger partial charge in [-0.25, -0.2) is 4.98 Å². The first-order valence-corrected chi connectivity index (χ1v) is 5.13. The van der Waals surface area contributed by atoms with Crippen molar-refractivity contribution in [2.24, 2.45) is 0 Å². The van der Waals surface area contributed by atoms with Crippen molar-refractivity contribution in [3.63, 3.8) is 0 Å². The zero-order valence-corrected chi connectivity index (χ0v) is 8.96. The van der Waals surface area contributed by atoms with Gasteiger partial charge in [0.05, 0.1) is 16.9 Å². The molecule has 0 fully saturated rings. The zero-order chi connectivity index (χ0) is 11.0. The maximum absolute atomic E-state index is 6.11. The number of nitrogens with zero attached hydrogens (tertiary/aromatic N) is 4. The number of hydrogen-bond acceptors (Lipinski definition) is 3. The largest absolute Gasteiger partial charge is 0.287 e. The summed E-state index contributed by atoms with van der Waals surface area (Å²) in [5.41, 5.74) is 2.48. The van der Waals surface area contributed by atoms with E-state index in [-0.39, 0.29) is 0 Å². The minimum Gasteiger partial charge on any atom is -0.287 e. The highest BCUT2D eigenvalue weighted by Crippen LogP contribution is 2.26. The molecular weight excluding hydrogens is 224 g/mol. The molecule has 0 atom stereocenters. The number of halogens is 1. The van der Waals surface area contributed by atoms with Crippen molar-refractivity contribution in [3.8, 4) is 11.3 Å². The van der Waals surface area contributed by atoms with E-state index in [1.54, 1.807) is 12.5 Å². The third-order valence-corrected chi connectivity index (χ3v) is 2.66. The zero-order valence-electron chi connectivity index (χ0n) is 8.21. The molecule has 0 aliphatic rings. The van der Waals surface area contributed by atoms with Crippen LogP contribution < -0.4 is 0 Å². The van der Waals surface area contributed by atoms with Gasteiger partial charge in [-0.15, -0.1) is 5.10 Å². The average molecular weight is 231 g/mol. The first-order valence-electron chi connectivity index (χ1n) is 4.75. The quantitative estimate of drug-likeness (QED) is 0.645. The van der Waals surface area contributed by atoms with Crippen molar-refractivity contribution in [1.29, 1.82) is 0 Å². The van der Waals surface area contributed by atoms with Crippen molar-refractivity contribution in [2.75, 3.05) is 0 Å². The van der Waals surface area contributed by atoms with Crippen molar-refractivity contribution in [2.45, 2.75) is 0 Å². The molecule has 0 aliphatic carbocycles. The third-order valence-electron chi connectivity index (χ3n) is 2.33. The van der Waals surface area contributed by atoms with Gasteiger partial charge in [-0.05, 0) is 6.07 Å². The molecule has 0 N–H and O–H groups in total. The highest BCUT2D eigenvalue weighted by molar-refractivity contribution is 6.33. The summed E-state index contributed by atoms with van der Waals surface area (Å²) >= 11 is 6.11. The summed E-state index contributed by atoms with van der Waals surface area (Å²) in [4.78, 5) is 4.42. The van der Waals surface area contributed by atoms with Crippen LogP contribution in [0.5, 0.6) is 0 Å². The molecule has 3 rings (SSSR count). The molecule has 16 heavy (non-hydrogen) atoms. The van der Waals surface area contributed by atoms with E-state index < -0.39 is 0 Å². The molecule has 2 heterocycles. The summed E-state index contributed by atoms with van der Waals surface area (Å²) in [5.74, 6) is 0. The van der Waals surface area contributed by atoms with E-state index in [2.05, 4.69) is 15.2 Å². The molecule has 0 saturated carbocycles. The van der Waals surface area contributed by atoms with Gasteiger partial charge in [0.15, 0.2) is 5.65 Å². The van der Waals surface area contributed by atoms with Gasteiger partial charge in [0.1, 0.15) is 6.33 Å². The molecule has 78 valence electrons. The Bertz CT molecular complexity index is 614. The van der Waals surface area contributed by atoms with E-state index in [4.69, 9.17) is 11.6 Å². The van der Waals surface area contributed by atoms with E-state index >= 15 is 0 Å². The third kappa shape index (κ3) is 1.44. The number of imidazole rings is 1. The number of fused-ring (bicyclic) bond motifs is 1. The molecule has 0 unspecified atom stereocenters. The van der Waals surface area contributed by atoms with Crippen LogP contribution >= 0.6 is 11.6 Å².